The molecule has 1 amide bonds. The van der Waals surface area contributed by atoms with Crippen molar-refractivity contribution in [3.8, 4) is 5.75 Å². The molecular formula is C14H14N2O2. The zero-order valence-corrected chi connectivity index (χ0v) is 9.97. The minimum atomic E-state index is -0.303. The van der Waals surface area contributed by atoms with Gasteiger partial charge in [-0.2, -0.15) is 0 Å². The zero-order chi connectivity index (χ0) is 13.1. The number of phenols is 1. The number of carbonyl (C=O) groups excluding carboxylic acids is 1. The Bertz CT molecular complexity index is 594. The lowest BCUT2D eigenvalue weighted by Crippen LogP contribution is -2.12. The summed E-state index contributed by atoms with van der Waals surface area (Å²) in [6, 6.07) is 11.9. The maximum absolute atomic E-state index is 12.0. The lowest BCUT2D eigenvalue weighted by atomic mass is 10.1. The van der Waals surface area contributed by atoms with Crippen molar-refractivity contribution in [1.82, 2.24) is 0 Å². The SMILES string of the molecule is Cc1cccc(NC(=O)c2cccc(N)c2)c1O. The molecule has 0 aliphatic carbocycles. The van der Waals surface area contributed by atoms with Gasteiger partial charge in [0.25, 0.3) is 5.91 Å². The van der Waals surface area contributed by atoms with E-state index in [1.807, 2.05) is 0 Å². The van der Waals surface area contributed by atoms with Crippen LogP contribution >= 0.6 is 0 Å². The van der Waals surface area contributed by atoms with Gasteiger partial charge in [-0.05, 0) is 36.8 Å². The van der Waals surface area contributed by atoms with Gasteiger partial charge in [-0.3, -0.25) is 4.79 Å². The summed E-state index contributed by atoms with van der Waals surface area (Å²) in [5, 5.41) is 12.5. The van der Waals surface area contributed by atoms with E-state index in [0.717, 1.165) is 0 Å². The average molecular weight is 242 g/mol. The Kier molecular flexibility index (Phi) is 3.19. The topological polar surface area (TPSA) is 75.4 Å². The quantitative estimate of drug-likeness (QED) is 0.559. The van der Waals surface area contributed by atoms with Crippen molar-refractivity contribution in [2.75, 3.05) is 11.1 Å². The third kappa shape index (κ3) is 2.43. The number of benzene rings is 2. The smallest absolute Gasteiger partial charge is 0.255 e. The summed E-state index contributed by atoms with van der Waals surface area (Å²) in [7, 11) is 0. The van der Waals surface area contributed by atoms with Crippen LogP contribution in [0.5, 0.6) is 5.75 Å². The predicted molar refractivity (Wildman–Crippen MR) is 71.7 cm³/mol. The second kappa shape index (κ2) is 4.79. The van der Waals surface area contributed by atoms with Gasteiger partial charge < -0.3 is 16.2 Å². The fourth-order valence-corrected chi connectivity index (χ4v) is 1.63. The number of nitrogens with one attached hydrogen (secondary N) is 1. The number of hydrogen-bond acceptors (Lipinski definition) is 3. The fourth-order valence-electron chi connectivity index (χ4n) is 1.63. The molecule has 0 aliphatic rings. The predicted octanol–water partition coefficient (Wildman–Crippen LogP) is 2.54. The van der Waals surface area contributed by atoms with Crippen molar-refractivity contribution in [2.45, 2.75) is 6.92 Å². The summed E-state index contributed by atoms with van der Waals surface area (Å²) < 4.78 is 0. The van der Waals surface area contributed by atoms with Gasteiger partial charge in [-0.15, -0.1) is 0 Å². The molecule has 2 rings (SSSR count). The number of para-hydroxylation sites is 1. The summed E-state index contributed by atoms with van der Waals surface area (Å²) in [6.07, 6.45) is 0. The molecule has 4 nitrogen and oxygen atoms in total. The summed E-state index contributed by atoms with van der Waals surface area (Å²) >= 11 is 0. The first-order chi connectivity index (χ1) is 8.58. The number of aryl methyl sites for hydroxylation is 1. The minimum Gasteiger partial charge on any atom is -0.505 e. The molecule has 0 fully saturated rings. The van der Waals surface area contributed by atoms with Gasteiger partial charge in [0, 0.05) is 11.3 Å². The van der Waals surface area contributed by atoms with Crippen LogP contribution < -0.4 is 11.1 Å². The third-order valence-electron chi connectivity index (χ3n) is 2.63. The largest absolute Gasteiger partial charge is 0.505 e. The normalized spacial score (nSPS) is 10.1. The van der Waals surface area contributed by atoms with Crippen LogP contribution in [0.25, 0.3) is 0 Å². The average Bonchev–Trinajstić information content (AvgIpc) is 2.35. The highest BCUT2D eigenvalue weighted by atomic mass is 16.3. The van der Waals surface area contributed by atoms with E-state index < -0.39 is 0 Å². The van der Waals surface area contributed by atoms with Crippen molar-refractivity contribution in [1.29, 1.82) is 0 Å². The zero-order valence-electron chi connectivity index (χ0n) is 9.97. The first-order valence-corrected chi connectivity index (χ1v) is 5.53. The molecule has 0 heterocycles. The lowest BCUT2D eigenvalue weighted by molar-refractivity contribution is 0.102. The fraction of sp³-hybridized carbons (Fsp3) is 0.0714. The van der Waals surface area contributed by atoms with Crippen LogP contribution in [-0.4, -0.2) is 11.0 Å². The molecule has 2 aromatic rings. The lowest BCUT2D eigenvalue weighted by Gasteiger charge is -2.09. The molecule has 18 heavy (non-hydrogen) atoms. The van der Waals surface area contributed by atoms with Crippen LogP contribution in [-0.2, 0) is 0 Å². The van der Waals surface area contributed by atoms with Crippen LogP contribution in [0.2, 0.25) is 0 Å². The molecule has 0 aliphatic heterocycles. The number of hydrogen-bond donors (Lipinski definition) is 3. The number of aromatic hydroxyl groups is 1. The highest BCUT2D eigenvalue weighted by molar-refractivity contribution is 6.05. The van der Waals surface area contributed by atoms with Gasteiger partial charge >= 0.3 is 0 Å². The van der Waals surface area contributed by atoms with Crippen molar-refractivity contribution >= 4 is 17.3 Å². The Labute approximate surface area is 105 Å². The van der Waals surface area contributed by atoms with E-state index >= 15 is 0 Å². The van der Waals surface area contributed by atoms with Crippen molar-refractivity contribution in [3.05, 3.63) is 53.6 Å². The molecule has 0 spiro atoms. The molecule has 0 radical (unpaired) electrons. The van der Waals surface area contributed by atoms with E-state index in [4.69, 9.17) is 5.73 Å². The van der Waals surface area contributed by atoms with E-state index in [0.29, 0.717) is 22.5 Å². The van der Waals surface area contributed by atoms with Crippen LogP contribution in [0.1, 0.15) is 15.9 Å². The Balaban J connectivity index is 2.24. The summed E-state index contributed by atoms with van der Waals surface area (Å²) in [6.45, 7) is 1.77. The number of amides is 1. The Hall–Kier alpha value is -2.49. The van der Waals surface area contributed by atoms with Gasteiger partial charge in [0.05, 0.1) is 5.69 Å². The minimum absolute atomic E-state index is 0.0785. The van der Waals surface area contributed by atoms with Crippen LogP contribution in [0, 0.1) is 6.92 Å². The first kappa shape index (κ1) is 12.0. The van der Waals surface area contributed by atoms with Crippen molar-refractivity contribution < 1.29 is 9.90 Å². The number of rotatable bonds is 2. The van der Waals surface area contributed by atoms with E-state index in [2.05, 4.69) is 5.32 Å². The molecular weight excluding hydrogens is 228 g/mol. The maximum Gasteiger partial charge on any atom is 0.255 e. The van der Waals surface area contributed by atoms with E-state index in [1.54, 1.807) is 49.4 Å². The number of phenolic OH excluding ortho intramolecular Hbond substituents is 1. The molecule has 4 N–H and O–H groups in total. The van der Waals surface area contributed by atoms with Crippen LogP contribution in [0.4, 0.5) is 11.4 Å². The van der Waals surface area contributed by atoms with E-state index in [1.165, 1.54) is 0 Å². The van der Waals surface area contributed by atoms with Gasteiger partial charge in [0.2, 0.25) is 0 Å². The van der Waals surface area contributed by atoms with Crippen LogP contribution in [0.15, 0.2) is 42.5 Å². The highest BCUT2D eigenvalue weighted by Crippen LogP contribution is 2.26. The Morgan fingerprint density at radius 3 is 2.67 bits per heavy atom. The monoisotopic (exact) mass is 242 g/mol. The van der Waals surface area contributed by atoms with Crippen LogP contribution in [0.3, 0.4) is 0 Å². The Morgan fingerprint density at radius 2 is 1.94 bits per heavy atom. The molecule has 92 valence electrons. The molecule has 0 atom stereocenters. The molecule has 4 heteroatoms. The molecule has 2 aromatic carbocycles. The standard InChI is InChI=1S/C14H14N2O2/c1-9-4-2-7-12(13(9)17)16-14(18)10-5-3-6-11(15)8-10/h2-8,17H,15H2,1H3,(H,16,18). The Morgan fingerprint density at radius 1 is 1.22 bits per heavy atom. The van der Waals surface area contributed by atoms with Gasteiger partial charge in [0.15, 0.2) is 0 Å². The molecule has 0 aromatic heterocycles. The molecule has 0 bridgehead atoms. The molecule has 0 saturated carbocycles. The summed E-state index contributed by atoms with van der Waals surface area (Å²) in [4.78, 5) is 12.0. The number of nitrogens with two attached hydrogens (primary N) is 1. The van der Waals surface area contributed by atoms with Crippen molar-refractivity contribution in [3.63, 3.8) is 0 Å². The van der Waals surface area contributed by atoms with Crippen molar-refractivity contribution in [2.24, 2.45) is 0 Å². The third-order valence-corrected chi connectivity index (χ3v) is 2.63. The number of anilines is 2. The second-order valence-electron chi connectivity index (χ2n) is 4.05. The first-order valence-electron chi connectivity index (χ1n) is 5.53. The molecule has 0 saturated heterocycles. The van der Waals surface area contributed by atoms with E-state index in [-0.39, 0.29) is 11.7 Å². The molecule has 0 unspecified atom stereocenters. The van der Waals surface area contributed by atoms with Gasteiger partial charge in [0.1, 0.15) is 5.75 Å². The van der Waals surface area contributed by atoms with Gasteiger partial charge in [-0.1, -0.05) is 18.2 Å². The summed E-state index contributed by atoms with van der Waals surface area (Å²) in [5.74, 6) is -0.224. The highest BCUT2D eigenvalue weighted by Gasteiger charge is 2.09. The summed E-state index contributed by atoms with van der Waals surface area (Å²) in [5.41, 5.74) is 7.69. The second-order valence-corrected chi connectivity index (χ2v) is 4.05. The number of carbonyl (C=O) groups is 1. The maximum atomic E-state index is 12.0. The van der Waals surface area contributed by atoms with Gasteiger partial charge in [-0.25, -0.2) is 0 Å². The number of nitrogen functional groups attached to an aromatic ring is 1. The van der Waals surface area contributed by atoms with E-state index in [9.17, 15) is 9.90 Å².